The van der Waals surface area contributed by atoms with Gasteiger partial charge < -0.3 is 5.32 Å². The van der Waals surface area contributed by atoms with Crippen molar-refractivity contribution in [2.24, 2.45) is 0 Å². The number of aryl methyl sites for hydroxylation is 1. The molecule has 0 atom stereocenters. The van der Waals surface area contributed by atoms with Gasteiger partial charge in [-0.05, 0) is 65.8 Å². The number of hydrogen-bond acceptors (Lipinski definition) is 1. The normalized spacial score (nSPS) is 10.3. The molecule has 0 saturated heterocycles. The molecule has 0 radical (unpaired) electrons. The van der Waals surface area contributed by atoms with E-state index in [1.54, 1.807) is 12.1 Å². The molecule has 0 fully saturated rings. The maximum Gasteiger partial charge on any atom is 0.252 e. The molecule has 0 saturated carbocycles. The molecule has 20 heavy (non-hydrogen) atoms. The highest BCUT2D eigenvalue weighted by atomic mass is 127. The van der Waals surface area contributed by atoms with Crippen molar-refractivity contribution in [3.8, 4) is 0 Å². The molecule has 0 aliphatic heterocycles. The third kappa shape index (κ3) is 4.03. The summed E-state index contributed by atoms with van der Waals surface area (Å²) in [5, 5.41) is 2.88. The molecule has 4 heteroatoms. The summed E-state index contributed by atoms with van der Waals surface area (Å²) in [7, 11) is 0. The molecular formula is C16H15FINO. The van der Waals surface area contributed by atoms with Gasteiger partial charge in [0.15, 0.2) is 0 Å². The van der Waals surface area contributed by atoms with E-state index in [1.807, 2.05) is 25.1 Å². The van der Waals surface area contributed by atoms with E-state index in [9.17, 15) is 9.18 Å². The Labute approximate surface area is 131 Å². The minimum Gasteiger partial charge on any atom is -0.352 e. The van der Waals surface area contributed by atoms with E-state index in [0.717, 1.165) is 14.7 Å². The van der Waals surface area contributed by atoms with Crippen LogP contribution >= 0.6 is 22.6 Å². The van der Waals surface area contributed by atoms with Crippen LogP contribution in [0.1, 0.15) is 21.5 Å². The predicted octanol–water partition coefficient (Wildman–Crippen LogP) is 3.71. The minimum atomic E-state index is -0.244. The summed E-state index contributed by atoms with van der Waals surface area (Å²) in [6.07, 6.45) is 0.689. The molecule has 104 valence electrons. The van der Waals surface area contributed by atoms with E-state index in [4.69, 9.17) is 0 Å². The van der Waals surface area contributed by atoms with Gasteiger partial charge in [0.1, 0.15) is 5.82 Å². The number of rotatable bonds is 4. The van der Waals surface area contributed by atoms with Crippen molar-refractivity contribution in [3.05, 3.63) is 68.5 Å². The summed E-state index contributed by atoms with van der Waals surface area (Å²) in [6.45, 7) is 2.53. The smallest absolute Gasteiger partial charge is 0.252 e. The van der Waals surface area contributed by atoms with Gasteiger partial charge in [-0.3, -0.25) is 4.79 Å². The Morgan fingerprint density at radius 1 is 1.20 bits per heavy atom. The van der Waals surface area contributed by atoms with Crippen molar-refractivity contribution in [1.29, 1.82) is 0 Å². The van der Waals surface area contributed by atoms with Crippen molar-refractivity contribution in [2.45, 2.75) is 13.3 Å². The fraction of sp³-hybridized carbons (Fsp3) is 0.188. The lowest BCUT2D eigenvalue weighted by atomic mass is 10.1. The number of carbonyl (C=O) groups is 1. The summed E-state index contributed by atoms with van der Waals surface area (Å²) in [5.41, 5.74) is 2.83. The van der Waals surface area contributed by atoms with Gasteiger partial charge in [0.05, 0.1) is 5.56 Å². The SMILES string of the molecule is Cc1ccc(C(=O)NCCc2ccc(F)cc2)c(I)c1. The second-order valence-electron chi connectivity index (χ2n) is 4.62. The molecule has 0 aromatic heterocycles. The van der Waals surface area contributed by atoms with Gasteiger partial charge in [-0.1, -0.05) is 23.8 Å². The highest BCUT2D eigenvalue weighted by Crippen LogP contribution is 2.14. The van der Waals surface area contributed by atoms with Crippen LogP contribution < -0.4 is 5.32 Å². The largest absolute Gasteiger partial charge is 0.352 e. The molecule has 0 spiro atoms. The second kappa shape index (κ2) is 6.83. The van der Waals surface area contributed by atoms with Crippen LogP contribution in [-0.4, -0.2) is 12.5 Å². The number of amides is 1. The predicted molar refractivity (Wildman–Crippen MR) is 86.3 cm³/mol. The average molecular weight is 383 g/mol. The van der Waals surface area contributed by atoms with Crippen LogP contribution in [0.15, 0.2) is 42.5 Å². The first-order chi connectivity index (χ1) is 9.56. The quantitative estimate of drug-likeness (QED) is 0.802. The fourth-order valence-corrected chi connectivity index (χ4v) is 2.79. The van der Waals surface area contributed by atoms with Crippen molar-refractivity contribution < 1.29 is 9.18 Å². The zero-order chi connectivity index (χ0) is 14.5. The highest BCUT2D eigenvalue weighted by molar-refractivity contribution is 14.1. The maximum atomic E-state index is 12.8. The molecule has 2 rings (SSSR count). The minimum absolute atomic E-state index is 0.0727. The van der Waals surface area contributed by atoms with Crippen molar-refractivity contribution in [3.63, 3.8) is 0 Å². The number of nitrogens with one attached hydrogen (secondary N) is 1. The Hall–Kier alpha value is -1.43. The van der Waals surface area contributed by atoms with E-state index >= 15 is 0 Å². The van der Waals surface area contributed by atoms with Gasteiger partial charge in [-0.2, -0.15) is 0 Å². The topological polar surface area (TPSA) is 29.1 Å². The summed E-state index contributed by atoms with van der Waals surface area (Å²) < 4.78 is 13.7. The molecule has 2 aromatic carbocycles. The average Bonchev–Trinajstić information content (AvgIpc) is 2.41. The monoisotopic (exact) mass is 383 g/mol. The molecule has 0 unspecified atom stereocenters. The first kappa shape index (κ1) is 15.0. The van der Waals surface area contributed by atoms with E-state index in [-0.39, 0.29) is 11.7 Å². The summed E-state index contributed by atoms with van der Waals surface area (Å²) in [4.78, 5) is 12.0. The van der Waals surface area contributed by atoms with Gasteiger partial charge in [-0.15, -0.1) is 0 Å². The zero-order valence-corrected chi connectivity index (χ0v) is 13.3. The van der Waals surface area contributed by atoms with Crippen LogP contribution in [0.5, 0.6) is 0 Å². The standard InChI is InChI=1S/C16H15FINO/c1-11-2-7-14(15(18)10-11)16(20)19-9-8-12-3-5-13(17)6-4-12/h2-7,10H,8-9H2,1H3,(H,19,20). The Bertz CT molecular complexity index is 610. The second-order valence-corrected chi connectivity index (χ2v) is 5.78. The highest BCUT2D eigenvalue weighted by Gasteiger charge is 2.09. The summed E-state index contributed by atoms with van der Waals surface area (Å²) in [6, 6.07) is 12.1. The zero-order valence-electron chi connectivity index (χ0n) is 11.1. The van der Waals surface area contributed by atoms with E-state index < -0.39 is 0 Å². The molecule has 2 nitrogen and oxygen atoms in total. The van der Waals surface area contributed by atoms with Crippen molar-refractivity contribution in [2.75, 3.05) is 6.54 Å². The molecule has 1 amide bonds. The molecule has 0 bridgehead atoms. The first-order valence-corrected chi connectivity index (χ1v) is 7.43. The fourth-order valence-electron chi connectivity index (χ4n) is 1.87. The Morgan fingerprint density at radius 2 is 1.90 bits per heavy atom. The van der Waals surface area contributed by atoms with Crippen LogP contribution in [0.4, 0.5) is 4.39 Å². The van der Waals surface area contributed by atoms with Gasteiger partial charge in [0, 0.05) is 10.1 Å². The van der Waals surface area contributed by atoms with Crippen molar-refractivity contribution >= 4 is 28.5 Å². The third-order valence-electron chi connectivity index (χ3n) is 2.98. The van der Waals surface area contributed by atoms with Gasteiger partial charge in [-0.25, -0.2) is 4.39 Å². The molecule has 0 aliphatic carbocycles. The van der Waals surface area contributed by atoms with Gasteiger partial charge >= 0.3 is 0 Å². The van der Waals surface area contributed by atoms with Gasteiger partial charge in [0.2, 0.25) is 0 Å². The lowest BCUT2D eigenvalue weighted by Gasteiger charge is -2.07. The van der Waals surface area contributed by atoms with E-state index in [1.165, 1.54) is 12.1 Å². The summed E-state index contributed by atoms with van der Waals surface area (Å²) in [5.74, 6) is -0.316. The van der Waals surface area contributed by atoms with Crippen LogP contribution in [0.3, 0.4) is 0 Å². The molecule has 1 N–H and O–H groups in total. The third-order valence-corrected chi connectivity index (χ3v) is 3.87. The molecule has 0 heterocycles. The number of hydrogen-bond donors (Lipinski definition) is 1. The number of benzene rings is 2. The molecular weight excluding hydrogens is 368 g/mol. The van der Waals surface area contributed by atoms with Gasteiger partial charge in [0.25, 0.3) is 5.91 Å². The Morgan fingerprint density at radius 3 is 2.55 bits per heavy atom. The maximum absolute atomic E-state index is 12.8. The lowest BCUT2D eigenvalue weighted by Crippen LogP contribution is -2.26. The number of halogens is 2. The Kier molecular flexibility index (Phi) is 5.11. The van der Waals surface area contributed by atoms with Crippen molar-refractivity contribution in [1.82, 2.24) is 5.32 Å². The Balaban J connectivity index is 1.90. The lowest BCUT2D eigenvalue weighted by molar-refractivity contribution is 0.0953. The molecule has 2 aromatic rings. The van der Waals surface area contributed by atoms with E-state index in [0.29, 0.717) is 18.5 Å². The molecule has 0 aliphatic rings. The van der Waals surface area contributed by atoms with E-state index in [2.05, 4.69) is 27.9 Å². The van der Waals surface area contributed by atoms with Crippen LogP contribution in [0.25, 0.3) is 0 Å². The van der Waals surface area contributed by atoms with Crippen LogP contribution in [0.2, 0.25) is 0 Å². The van der Waals surface area contributed by atoms with Crippen LogP contribution in [0, 0.1) is 16.3 Å². The first-order valence-electron chi connectivity index (χ1n) is 6.35. The number of carbonyl (C=O) groups excluding carboxylic acids is 1. The summed E-state index contributed by atoms with van der Waals surface area (Å²) >= 11 is 2.17. The van der Waals surface area contributed by atoms with Crippen LogP contribution in [-0.2, 0) is 6.42 Å².